The molecule has 1 aliphatic heterocycles. The average Bonchev–Trinajstić information content (AvgIpc) is 2.88. The van der Waals surface area contributed by atoms with E-state index < -0.39 is 9.84 Å². The molecule has 174 valence electrons. The number of methoxy groups -OCH3 is 1. The molecule has 0 amide bonds. The molecule has 8 heteroatoms. The Bertz CT molecular complexity index is 1440. The minimum absolute atomic E-state index is 0.260. The number of nitrogens with one attached hydrogen (secondary N) is 1. The van der Waals surface area contributed by atoms with E-state index in [9.17, 15) is 8.42 Å². The van der Waals surface area contributed by atoms with Crippen molar-refractivity contribution in [1.29, 1.82) is 0 Å². The molecule has 0 unspecified atom stereocenters. The number of halogens is 1. The molecule has 0 spiro atoms. The van der Waals surface area contributed by atoms with E-state index in [0.29, 0.717) is 29.5 Å². The maximum atomic E-state index is 13.7. The number of hydrogen-bond acceptors (Lipinski definition) is 5. The second-order valence-corrected chi connectivity index (χ2v) is 10.5. The highest BCUT2D eigenvalue weighted by Crippen LogP contribution is 2.37. The molecule has 34 heavy (non-hydrogen) atoms. The fourth-order valence-electron chi connectivity index (χ4n) is 4.44. The molecule has 0 saturated carbocycles. The van der Waals surface area contributed by atoms with Crippen LogP contribution in [0, 0.1) is 0 Å². The van der Waals surface area contributed by atoms with Gasteiger partial charge in [-0.15, -0.1) is 0 Å². The first kappa shape index (κ1) is 22.5. The van der Waals surface area contributed by atoms with Gasteiger partial charge in [-0.25, -0.2) is 13.4 Å². The van der Waals surface area contributed by atoms with Crippen LogP contribution in [0.15, 0.2) is 88.8 Å². The number of rotatable bonds is 5. The van der Waals surface area contributed by atoms with E-state index >= 15 is 0 Å². The van der Waals surface area contributed by atoms with Gasteiger partial charge in [0.2, 0.25) is 15.4 Å². The van der Waals surface area contributed by atoms with Crippen molar-refractivity contribution in [1.82, 2.24) is 0 Å². The van der Waals surface area contributed by atoms with Crippen LogP contribution in [0.2, 0.25) is 5.02 Å². The van der Waals surface area contributed by atoms with E-state index in [-0.39, 0.29) is 9.79 Å². The SMILES string of the molecule is COc1ccc2[nH+]cc(S(=O)(=O)c3ccccc3)c(N3CCN(c4cccc(Cl)c4)CC3)c2c1. The van der Waals surface area contributed by atoms with Gasteiger partial charge < -0.3 is 14.5 Å². The number of nitrogens with zero attached hydrogens (tertiary/aromatic N) is 2. The summed E-state index contributed by atoms with van der Waals surface area (Å²) in [7, 11) is -2.14. The normalized spacial score (nSPS) is 14.4. The molecule has 1 aliphatic rings. The van der Waals surface area contributed by atoms with E-state index in [1.165, 1.54) is 0 Å². The number of aromatic nitrogens is 1. The van der Waals surface area contributed by atoms with E-state index in [1.54, 1.807) is 37.6 Å². The third-order valence-electron chi connectivity index (χ3n) is 6.19. The molecule has 1 fully saturated rings. The molecule has 0 radical (unpaired) electrons. The van der Waals surface area contributed by atoms with Crippen LogP contribution < -0.4 is 19.5 Å². The largest absolute Gasteiger partial charge is 0.497 e. The number of sulfone groups is 1. The van der Waals surface area contributed by atoms with Crippen molar-refractivity contribution in [2.75, 3.05) is 43.1 Å². The Kier molecular flexibility index (Phi) is 6.06. The van der Waals surface area contributed by atoms with Crippen LogP contribution >= 0.6 is 11.6 Å². The molecule has 6 nitrogen and oxygen atoms in total. The van der Waals surface area contributed by atoms with Crippen LogP contribution in [0.4, 0.5) is 11.4 Å². The van der Waals surface area contributed by atoms with E-state index in [0.717, 1.165) is 29.7 Å². The van der Waals surface area contributed by atoms with Crippen LogP contribution in [0.1, 0.15) is 0 Å². The number of ether oxygens (including phenoxy) is 1. The topological polar surface area (TPSA) is 64.0 Å². The van der Waals surface area contributed by atoms with Gasteiger partial charge in [-0.2, -0.15) is 0 Å². The summed E-state index contributed by atoms with van der Waals surface area (Å²) in [4.78, 5) is 8.14. The molecule has 0 bridgehead atoms. The average molecular weight is 495 g/mol. The maximum absolute atomic E-state index is 13.7. The first-order valence-corrected chi connectivity index (χ1v) is 12.9. The van der Waals surface area contributed by atoms with Gasteiger partial charge >= 0.3 is 0 Å². The number of pyridine rings is 1. The molecule has 3 aromatic carbocycles. The van der Waals surface area contributed by atoms with Crippen LogP contribution in [0.5, 0.6) is 5.75 Å². The van der Waals surface area contributed by atoms with Gasteiger partial charge in [0.05, 0.1) is 23.1 Å². The van der Waals surface area contributed by atoms with Gasteiger partial charge in [-0.1, -0.05) is 35.9 Å². The molecule has 0 atom stereocenters. The van der Waals surface area contributed by atoms with Crippen molar-refractivity contribution in [3.8, 4) is 5.75 Å². The lowest BCUT2D eigenvalue weighted by molar-refractivity contribution is -0.347. The van der Waals surface area contributed by atoms with E-state index in [1.807, 2.05) is 48.5 Å². The highest BCUT2D eigenvalue weighted by molar-refractivity contribution is 7.91. The van der Waals surface area contributed by atoms with Crippen LogP contribution in [0.25, 0.3) is 10.9 Å². The van der Waals surface area contributed by atoms with Crippen molar-refractivity contribution in [2.45, 2.75) is 9.79 Å². The Hall–Kier alpha value is -3.29. The molecule has 1 aromatic heterocycles. The van der Waals surface area contributed by atoms with Crippen LogP contribution in [-0.4, -0.2) is 41.7 Å². The fourth-order valence-corrected chi connectivity index (χ4v) is 6.10. The van der Waals surface area contributed by atoms with Crippen molar-refractivity contribution in [2.24, 2.45) is 0 Å². The van der Waals surface area contributed by atoms with E-state index in [2.05, 4.69) is 14.8 Å². The Morgan fingerprint density at radius 3 is 2.32 bits per heavy atom. The molecule has 4 aromatic rings. The maximum Gasteiger partial charge on any atom is 0.214 e. The molecular formula is C26H25ClN3O3S+. The lowest BCUT2D eigenvalue weighted by atomic mass is 10.1. The summed E-state index contributed by atoms with van der Waals surface area (Å²) >= 11 is 6.19. The summed E-state index contributed by atoms with van der Waals surface area (Å²) in [5, 5.41) is 1.51. The zero-order valence-electron chi connectivity index (χ0n) is 18.7. The number of hydrogen-bond donors (Lipinski definition) is 0. The number of aromatic amines is 1. The molecule has 1 N–H and O–H groups in total. The zero-order valence-corrected chi connectivity index (χ0v) is 20.3. The minimum atomic E-state index is -3.75. The van der Waals surface area contributed by atoms with Crippen LogP contribution in [0.3, 0.4) is 0 Å². The highest BCUT2D eigenvalue weighted by Gasteiger charge is 2.31. The monoisotopic (exact) mass is 494 g/mol. The van der Waals surface area contributed by atoms with Gasteiger partial charge in [0.1, 0.15) is 5.75 Å². The van der Waals surface area contributed by atoms with Crippen molar-refractivity contribution in [3.05, 3.63) is 84.0 Å². The Balaban J connectivity index is 1.59. The molecular weight excluding hydrogens is 470 g/mol. The Morgan fingerprint density at radius 1 is 0.882 bits per heavy atom. The van der Waals surface area contributed by atoms with Crippen molar-refractivity contribution >= 4 is 43.7 Å². The second kappa shape index (κ2) is 9.16. The standard InChI is InChI=1S/C26H24ClN3O3S/c1-33-21-10-11-24-23(17-21)26(25(18-28-24)34(31,32)22-8-3-2-4-9-22)30-14-12-29(13-15-30)20-7-5-6-19(27)16-20/h2-11,16-18H,12-15H2,1H3/p+1. The Labute approximate surface area is 204 Å². The summed E-state index contributed by atoms with van der Waals surface area (Å²) < 4.78 is 32.9. The third-order valence-corrected chi connectivity index (χ3v) is 8.20. The van der Waals surface area contributed by atoms with Gasteiger partial charge in [0, 0.05) is 43.0 Å². The number of anilines is 2. The number of fused-ring (bicyclic) bond motifs is 1. The molecule has 1 saturated heterocycles. The fraction of sp³-hybridized carbons (Fsp3) is 0.192. The van der Waals surface area contributed by atoms with Crippen LogP contribution in [-0.2, 0) is 9.84 Å². The molecule has 0 aliphatic carbocycles. The number of H-pyrrole nitrogens is 1. The first-order chi connectivity index (χ1) is 16.5. The Morgan fingerprint density at radius 2 is 1.62 bits per heavy atom. The van der Waals surface area contributed by atoms with Gasteiger partial charge in [0.15, 0.2) is 11.1 Å². The zero-order chi connectivity index (χ0) is 23.7. The summed E-state index contributed by atoms with van der Waals surface area (Å²) in [5.41, 5.74) is 2.61. The summed E-state index contributed by atoms with van der Waals surface area (Å²) in [5.74, 6) is 0.675. The van der Waals surface area contributed by atoms with Gasteiger partial charge in [-0.05, 0) is 42.5 Å². The smallest absolute Gasteiger partial charge is 0.214 e. The van der Waals surface area contributed by atoms with Crippen molar-refractivity contribution < 1.29 is 18.1 Å². The first-order valence-electron chi connectivity index (χ1n) is 11.1. The van der Waals surface area contributed by atoms with Gasteiger partial charge in [-0.3, -0.25) is 0 Å². The lowest BCUT2D eigenvalue weighted by Gasteiger charge is -2.38. The quantitative estimate of drug-likeness (QED) is 0.409. The lowest BCUT2D eigenvalue weighted by Crippen LogP contribution is -2.47. The van der Waals surface area contributed by atoms with Gasteiger partial charge in [0.25, 0.3) is 0 Å². The van der Waals surface area contributed by atoms with E-state index in [4.69, 9.17) is 16.3 Å². The second-order valence-electron chi connectivity index (χ2n) is 8.18. The van der Waals surface area contributed by atoms with Crippen molar-refractivity contribution in [3.63, 3.8) is 0 Å². The number of piperazine rings is 1. The summed E-state index contributed by atoms with van der Waals surface area (Å²) in [6, 6.07) is 22.0. The molecule has 5 rings (SSSR count). The third kappa shape index (κ3) is 4.17. The minimum Gasteiger partial charge on any atom is -0.497 e. The highest BCUT2D eigenvalue weighted by atomic mass is 35.5. The predicted octanol–water partition coefficient (Wildman–Crippen LogP) is 4.48. The predicted molar refractivity (Wildman–Crippen MR) is 135 cm³/mol. The summed E-state index contributed by atoms with van der Waals surface area (Å²) in [6.07, 6.45) is 1.61. The number of benzene rings is 3. The molecule has 2 heterocycles. The summed E-state index contributed by atoms with van der Waals surface area (Å²) in [6.45, 7) is 2.82.